The molecule has 1 atom stereocenters. The number of ether oxygens (including phenoxy) is 1. The fourth-order valence-electron chi connectivity index (χ4n) is 2.27. The molecule has 1 heterocycles. The maximum Gasteiger partial charge on any atom is 0.314 e. The van der Waals surface area contributed by atoms with Gasteiger partial charge in [-0.3, -0.25) is 0 Å². The Labute approximate surface area is 114 Å². The predicted molar refractivity (Wildman–Crippen MR) is 75.4 cm³/mol. The molecule has 0 radical (unpaired) electrons. The summed E-state index contributed by atoms with van der Waals surface area (Å²) in [4.78, 5) is 11.5. The SMILES string of the molecule is CCCNC(=O)NCC1CCOc2ccccc2C1. The lowest BCUT2D eigenvalue weighted by atomic mass is 9.97. The number of carbonyl (C=O) groups is 1. The van der Waals surface area contributed by atoms with Crippen LogP contribution in [0.3, 0.4) is 0 Å². The average Bonchev–Trinajstić information content (AvgIpc) is 2.64. The lowest BCUT2D eigenvalue weighted by Crippen LogP contribution is -2.39. The van der Waals surface area contributed by atoms with Gasteiger partial charge in [0, 0.05) is 13.1 Å². The smallest absolute Gasteiger partial charge is 0.314 e. The molecule has 0 aromatic heterocycles. The van der Waals surface area contributed by atoms with Gasteiger partial charge in [0.05, 0.1) is 6.61 Å². The van der Waals surface area contributed by atoms with Crippen LogP contribution in [0.1, 0.15) is 25.3 Å². The van der Waals surface area contributed by atoms with Gasteiger partial charge >= 0.3 is 6.03 Å². The minimum absolute atomic E-state index is 0.0692. The molecule has 1 aromatic carbocycles. The maximum atomic E-state index is 11.5. The molecular weight excluding hydrogens is 240 g/mol. The molecule has 1 aliphatic heterocycles. The van der Waals surface area contributed by atoms with Crippen LogP contribution in [0.5, 0.6) is 5.75 Å². The highest BCUT2D eigenvalue weighted by atomic mass is 16.5. The van der Waals surface area contributed by atoms with E-state index in [2.05, 4.69) is 16.7 Å². The minimum Gasteiger partial charge on any atom is -0.493 e. The Kier molecular flexibility index (Phi) is 5.07. The van der Waals surface area contributed by atoms with Crippen LogP contribution in [0.4, 0.5) is 4.79 Å². The van der Waals surface area contributed by atoms with Crippen LogP contribution >= 0.6 is 0 Å². The zero-order chi connectivity index (χ0) is 13.5. The summed E-state index contributed by atoms with van der Waals surface area (Å²) in [6.45, 7) is 4.19. The second-order valence-corrected chi connectivity index (χ2v) is 4.95. The summed E-state index contributed by atoms with van der Waals surface area (Å²) in [6.07, 6.45) is 2.89. The quantitative estimate of drug-likeness (QED) is 0.875. The highest BCUT2D eigenvalue weighted by molar-refractivity contribution is 5.73. The van der Waals surface area contributed by atoms with E-state index in [4.69, 9.17) is 4.74 Å². The topological polar surface area (TPSA) is 50.4 Å². The predicted octanol–water partition coefficient (Wildman–Crippen LogP) is 2.34. The monoisotopic (exact) mass is 262 g/mol. The molecule has 1 unspecified atom stereocenters. The van der Waals surface area contributed by atoms with E-state index in [1.807, 2.05) is 25.1 Å². The third-order valence-corrected chi connectivity index (χ3v) is 3.35. The number of hydrogen-bond acceptors (Lipinski definition) is 2. The van der Waals surface area contributed by atoms with Crippen LogP contribution in [-0.2, 0) is 6.42 Å². The number of nitrogens with one attached hydrogen (secondary N) is 2. The van der Waals surface area contributed by atoms with Crippen molar-refractivity contribution in [3.63, 3.8) is 0 Å². The van der Waals surface area contributed by atoms with Crippen LogP contribution in [0.15, 0.2) is 24.3 Å². The van der Waals surface area contributed by atoms with Crippen molar-refractivity contribution >= 4 is 6.03 Å². The third kappa shape index (κ3) is 4.16. The zero-order valence-corrected chi connectivity index (χ0v) is 11.4. The minimum atomic E-state index is -0.0692. The van der Waals surface area contributed by atoms with Crippen molar-refractivity contribution in [1.29, 1.82) is 0 Å². The van der Waals surface area contributed by atoms with Crippen LogP contribution in [0.25, 0.3) is 0 Å². The Balaban J connectivity index is 1.84. The lowest BCUT2D eigenvalue weighted by Gasteiger charge is -2.14. The first-order valence-electron chi connectivity index (χ1n) is 7.02. The molecule has 104 valence electrons. The van der Waals surface area contributed by atoms with E-state index in [-0.39, 0.29) is 6.03 Å². The second-order valence-electron chi connectivity index (χ2n) is 4.95. The van der Waals surface area contributed by atoms with Crippen molar-refractivity contribution in [3.8, 4) is 5.75 Å². The second kappa shape index (κ2) is 7.02. The standard InChI is InChI=1S/C15H22N2O2/c1-2-8-16-15(18)17-11-12-7-9-19-14-6-4-3-5-13(14)10-12/h3-6,12H,2,7-11H2,1H3,(H2,16,17,18). The molecule has 1 aromatic rings. The largest absolute Gasteiger partial charge is 0.493 e. The summed E-state index contributed by atoms with van der Waals surface area (Å²) in [5.41, 5.74) is 1.24. The van der Waals surface area contributed by atoms with Gasteiger partial charge in [0.15, 0.2) is 0 Å². The first-order chi connectivity index (χ1) is 9.29. The van der Waals surface area contributed by atoms with E-state index in [0.717, 1.165) is 38.2 Å². The maximum absolute atomic E-state index is 11.5. The molecule has 2 rings (SSSR count). The fourth-order valence-corrected chi connectivity index (χ4v) is 2.27. The highest BCUT2D eigenvalue weighted by Crippen LogP contribution is 2.26. The molecule has 0 bridgehead atoms. The number of rotatable bonds is 4. The van der Waals surface area contributed by atoms with Gasteiger partial charge in [-0.05, 0) is 36.8 Å². The van der Waals surface area contributed by atoms with E-state index in [0.29, 0.717) is 12.5 Å². The summed E-state index contributed by atoms with van der Waals surface area (Å²) >= 11 is 0. The number of para-hydroxylation sites is 1. The fraction of sp³-hybridized carbons (Fsp3) is 0.533. The molecule has 19 heavy (non-hydrogen) atoms. The van der Waals surface area contributed by atoms with Gasteiger partial charge in [-0.15, -0.1) is 0 Å². The molecule has 0 aliphatic carbocycles. The molecule has 0 saturated heterocycles. The van der Waals surface area contributed by atoms with Crippen molar-refractivity contribution in [2.24, 2.45) is 5.92 Å². The van der Waals surface area contributed by atoms with E-state index in [1.165, 1.54) is 5.56 Å². The third-order valence-electron chi connectivity index (χ3n) is 3.35. The molecule has 2 N–H and O–H groups in total. The summed E-state index contributed by atoms with van der Waals surface area (Å²) in [6, 6.07) is 8.08. The molecular formula is C15H22N2O2. The van der Waals surface area contributed by atoms with Gasteiger partial charge in [-0.2, -0.15) is 0 Å². The molecule has 0 fully saturated rings. The average molecular weight is 262 g/mol. The molecule has 4 heteroatoms. The number of fused-ring (bicyclic) bond motifs is 1. The van der Waals surface area contributed by atoms with Gasteiger partial charge in [0.25, 0.3) is 0 Å². The summed E-state index contributed by atoms with van der Waals surface area (Å²) in [7, 11) is 0. The van der Waals surface area contributed by atoms with Gasteiger partial charge in [0.1, 0.15) is 5.75 Å². The number of hydrogen-bond donors (Lipinski definition) is 2. The van der Waals surface area contributed by atoms with E-state index in [9.17, 15) is 4.79 Å². The summed E-state index contributed by atoms with van der Waals surface area (Å²) < 4.78 is 5.72. The highest BCUT2D eigenvalue weighted by Gasteiger charge is 2.17. The molecule has 0 spiro atoms. The number of amides is 2. The van der Waals surface area contributed by atoms with E-state index in [1.54, 1.807) is 0 Å². The first kappa shape index (κ1) is 13.7. The molecule has 2 amide bonds. The van der Waals surface area contributed by atoms with Crippen LogP contribution in [0, 0.1) is 5.92 Å². The molecule has 1 aliphatic rings. The van der Waals surface area contributed by atoms with Crippen LogP contribution in [-0.4, -0.2) is 25.7 Å². The number of benzene rings is 1. The first-order valence-corrected chi connectivity index (χ1v) is 7.02. The number of carbonyl (C=O) groups excluding carboxylic acids is 1. The van der Waals surface area contributed by atoms with E-state index < -0.39 is 0 Å². The number of urea groups is 1. The van der Waals surface area contributed by atoms with E-state index >= 15 is 0 Å². The van der Waals surface area contributed by atoms with Crippen LogP contribution in [0.2, 0.25) is 0 Å². The Morgan fingerprint density at radius 1 is 1.37 bits per heavy atom. The normalized spacial score (nSPS) is 17.8. The lowest BCUT2D eigenvalue weighted by molar-refractivity contribution is 0.236. The molecule has 0 saturated carbocycles. The van der Waals surface area contributed by atoms with Gasteiger partial charge < -0.3 is 15.4 Å². The Morgan fingerprint density at radius 3 is 3.05 bits per heavy atom. The van der Waals surface area contributed by atoms with Gasteiger partial charge in [0.2, 0.25) is 0 Å². The zero-order valence-electron chi connectivity index (χ0n) is 11.4. The van der Waals surface area contributed by atoms with Crippen molar-refractivity contribution in [2.45, 2.75) is 26.2 Å². The summed E-state index contributed by atoms with van der Waals surface area (Å²) in [5, 5.41) is 5.77. The van der Waals surface area contributed by atoms with Crippen molar-refractivity contribution in [2.75, 3.05) is 19.7 Å². The van der Waals surface area contributed by atoms with Crippen molar-refractivity contribution < 1.29 is 9.53 Å². The van der Waals surface area contributed by atoms with Crippen molar-refractivity contribution in [3.05, 3.63) is 29.8 Å². The Bertz CT molecular complexity index is 420. The Hall–Kier alpha value is -1.71. The van der Waals surface area contributed by atoms with Gasteiger partial charge in [-0.25, -0.2) is 4.79 Å². The van der Waals surface area contributed by atoms with Gasteiger partial charge in [-0.1, -0.05) is 25.1 Å². The summed E-state index contributed by atoms with van der Waals surface area (Å²) in [5.74, 6) is 1.43. The van der Waals surface area contributed by atoms with Crippen molar-refractivity contribution in [1.82, 2.24) is 10.6 Å². The van der Waals surface area contributed by atoms with Crippen LogP contribution < -0.4 is 15.4 Å². The molecule has 4 nitrogen and oxygen atoms in total. The Morgan fingerprint density at radius 2 is 2.21 bits per heavy atom.